The van der Waals surface area contributed by atoms with E-state index in [9.17, 15) is 62.6 Å². The number of phenols is 1. The number of primary amides is 3. The Kier molecular flexibility index (Phi) is 36.3. The molecule has 496 valence electrons. The molecule has 0 bridgehead atoms. The van der Waals surface area contributed by atoms with Gasteiger partial charge in [-0.3, -0.25) is 62.7 Å². The van der Waals surface area contributed by atoms with Gasteiger partial charge in [0.2, 0.25) is 53.2 Å². The SMILES string of the molecule is NC(=O)CCC(=O)[C@H](CCCN=C(N)N)NC(=O)[C@@H]1CCCN1C(=O)[C@@H]1CSSC[C@H](N)C(=O)N[C@@H](Cc2ccc(O)cc2)C(=O)N[C@@H](Cc2ccccc2)C(=O)N[C@@H](CCC(N)=O)C(=O)C[C@@H](CC(N)=O)C(=O)N1.NC(N)=NCCC[C@H](N)C=O.NCC=O. The Labute approximate surface area is 528 Å². The van der Waals surface area contributed by atoms with E-state index >= 15 is 0 Å². The molecule has 2 saturated heterocycles. The number of nitrogens with two attached hydrogens (primary N) is 10. The lowest BCUT2D eigenvalue weighted by atomic mass is 9.92. The summed E-state index contributed by atoms with van der Waals surface area (Å²) in [5.74, 6) is -10.9. The van der Waals surface area contributed by atoms with Crippen LogP contribution < -0.4 is 83.9 Å². The Morgan fingerprint density at radius 3 is 1.78 bits per heavy atom. The van der Waals surface area contributed by atoms with E-state index in [1.165, 1.54) is 29.2 Å². The Morgan fingerprint density at radius 1 is 0.689 bits per heavy atom. The lowest BCUT2D eigenvalue weighted by Crippen LogP contribution is -2.58. The van der Waals surface area contributed by atoms with Gasteiger partial charge in [0.05, 0.1) is 30.1 Å². The molecule has 2 aliphatic heterocycles. The number of phenolic OH excluding ortho intramolecular Hbond substituents is 1. The number of benzene rings is 2. The Bertz CT molecular complexity index is 2790. The minimum Gasteiger partial charge on any atom is -0.508 e. The number of guanidine groups is 2. The number of rotatable bonds is 26. The summed E-state index contributed by atoms with van der Waals surface area (Å²) in [7, 11) is 2.05. The van der Waals surface area contributed by atoms with Crippen LogP contribution in [0.15, 0.2) is 64.6 Å². The van der Waals surface area contributed by atoms with Crippen molar-refractivity contribution in [1.82, 2.24) is 31.5 Å². The first-order chi connectivity index (χ1) is 42.7. The zero-order valence-electron chi connectivity index (χ0n) is 49.9. The number of amides is 9. The summed E-state index contributed by atoms with van der Waals surface area (Å²) in [5, 5.41) is 23.2. The molecule has 32 nitrogen and oxygen atoms in total. The van der Waals surface area contributed by atoms with Crippen LogP contribution in [0, 0.1) is 5.92 Å². The topological polar surface area (TPSA) is 590 Å². The van der Waals surface area contributed by atoms with Crippen molar-refractivity contribution in [2.24, 2.45) is 73.2 Å². The molecule has 2 fully saturated rings. The van der Waals surface area contributed by atoms with Crippen LogP contribution in [-0.4, -0.2) is 185 Å². The number of carbonyl (C=O) groups excluding carboxylic acids is 13. The fourth-order valence-corrected chi connectivity index (χ4v) is 11.1. The van der Waals surface area contributed by atoms with Crippen LogP contribution in [-0.2, 0) is 75.2 Å². The van der Waals surface area contributed by atoms with Gasteiger partial charge in [0.15, 0.2) is 23.5 Å². The minimum absolute atomic E-state index is 0.0333. The fourth-order valence-electron chi connectivity index (χ4n) is 8.83. The fraction of sp³-hybridized carbons (Fsp3) is 0.518. The molecule has 0 saturated carbocycles. The number of likely N-dealkylation sites (tertiary alicyclic amines) is 1. The zero-order chi connectivity index (χ0) is 67.3. The number of aldehydes is 2. The van der Waals surface area contributed by atoms with E-state index in [0.717, 1.165) is 34.3 Å². The molecule has 0 aliphatic carbocycles. The number of Topliss-reactive ketones (excluding diaryl/α,β-unsaturated/α-hetero) is 2. The Hall–Kier alpha value is -8.73. The Balaban J connectivity index is 0.00000163. The summed E-state index contributed by atoms with van der Waals surface area (Å²) in [6.07, 6.45) is 0.490. The van der Waals surface area contributed by atoms with E-state index in [1.54, 1.807) is 30.3 Å². The van der Waals surface area contributed by atoms with E-state index in [-0.39, 0.29) is 106 Å². The van der Waals surface area contributed by atoms with Crippen LogP contribution in [0.2, 0.25) is 0 Å². The van der Waals surface area contributed by atoms with Gasteiger partial charge in [-0.15, -0.1) is 0 Å². The zero-order valence-corrected chi connectivity index (χ0v) is 51.5. The second-order valence-corrected chi connectivity index (χ2v) is 23.4. The standard InChI is InChI=1S/C48H67N13O12S2.C6H14N4O.C2H5NO/c49-30-24-74-75-25-35(47(73)61-19-5-9-36(61)46(72)57-31(8-4-18-55-48(53)54)37(63)15-17-40(51)66)60-42(68)28(23-41(52)67)22-38(64)32(14-16-39(50)65)56-44(70)34(20-26-6-2-1-3-7-26)59-45(71)33(58-43(30)69)21-27-10-12-29(62)13-11-27;7-5(4-11)2-1-3-10-6(8)9;3-1-2-4/h1-3,6-7,10-13,28,30-36,62H,4-5,8-9,14-25,49H2,(H2,50,65)(H2,51,66)(H2,52,67)(H,56,70)(H,57,72)(H,58,69)(H,59,71)(H,60,68)(H4,53,54,55);4-5H,1-3,7H2,(H4,8,9,10);2H,1,3H2/t28-,30-,31-,32-,33-,34-,35-,36-;5-;/m00./s1. The number of nitrogens with one attached hydrogen (secondary N) is 5. The smallest absolute Gasteiger partial charge is 0.246 e. The molecule has 2 heterocycles. The number of hydrogen-bond acceptors (Lipinski definition) is 21. The van der Waals surface area contributed by atoms with Gasteiger partial charge in [0, 0.05) is 82.6 Å². The highest BCUT2D eigenvalue weighted by Gasteiger charge is 2.41. The van der Waals surface area contributed by atoms with E-state index in [2.05, 4.69) is 42.3 Å². The highest BCUT2D eigenvalue weighted by atomic mass is 33.1. The van der Waals surface area contributed by atoms with Gasteiger partial charge < -0.3 is 104 Å². The van der Waals surface area contributed by atoms with Gasteiger partial charge in [-0.05, 0) is 68.2 Å². The van der Waals surface area contributed by atoms with Crippen LogP contribution in [0.1, 0.15) is 88.2 Å². The predicted molar refractivity (Wildman–Crippen MR) is 337 cm³/mol. The summed E-state index contributed by atoms with van der Waals surface area (Å²) >= 11 is 0. The van der Waals surface area contributed by atoms with Crippen molar-refractivity contribution in [1.29, 1.82) is 0 Å². The largest absolute Gasteiger partial charge is 0.508 e. The van der Waals surface area contributed by atoms with Crippen LogP contribution in [0.25, 0.3) is 0 Å². The molecule has 0 aromatic heterocycles. The molecular formula is C56H86N18O14S2. The van der Waals surface area contributed by atoms with Crippen molar-refractivity contribution in [3.05, 3.63) is 65.7 Å². The van der Waals surface area contributed by atoms with E-state index in [0.29, 0.717) is 36.8 Å². The predicted octanol–water partition coefficient (Wildman–Crippen LogP) is -5.37. The van der Waals surface area contributed by atoms with E-state index in [1.807, 2.05) is 0 Å². The lowest BCUT2D eigenvalue weighted by molar-refractivity contribution is -0.142. The highest BCUT2D eigenvalue weighted by molar-refractivity contribution is 8.76. The minimum atomic E-state index is -1.54. The van der Waals surface area contributed by atoms with Crippen molar-refractivity contribution in [2.75, 3.05) is 37.7 Å². The Morgan fingerprint density at radius 2 is 1.23 bits per heavy atom. The molecule has 2 aromatic carbocycles. The molecule has 2 aliphatic rings. The summed E-state index contributed by atoms with van der Waals surface area (Å²) < 4.78 is 0. The maximum atomic E-state index is 14.6. The third kappa shape index (κ3) is 30.9. The third-order valence-electron chi connectivity index (χ3n) is 13.5. The maximum absolute atomic E-state index is 14.6. The van der Waals surface area contributed by atoms with E-state index < -0.39 is 132 Å². The molecular weight excluding hydrogens is 1210 g/mol. The van der Waals surface area contributed by atoms with Crippen LogP contribution in [0.5, 0.6) is 5.75 Å². The molecule has 4 rings (SSSR count). The van der Waals surface area contributed by atoms with Crippen molar-refractivity contribution in [2.45, 2.75) is 138 Å². The first kappa shape index (κ1) is 77.4. The monoisotopic (exact) mass is 1300 g/mol. The van der Waals surface area contributed by atoms with Gasteiger partial charge in [0.25, 0.3) is 0 Å². The first-order valence-corrected chi connectivity index (χ1v) is 31.2. The van der Waals surface area contributed by atoms with Gasteiger partial charge in [-0.2, -0.15) is 0 Å². The summed E-state index contributed by atoms with van der Waals surface area (Å²) in [5.41, 5.74) is 54.7. The number of nitrogens with zero attached hydrogens (tertiary/aromatic N) is 3. The second-order valence-electron chi connectivity index (χ2n) is 20.8. The average molecular weight is 1300 g/mol. The normalized spacial score (nSPS) is 20.7. The third-order valence-corrected chi connectivity index (χ3v) is 15.9. The molecule has 26 N–H and O–H groups in total. The highest BCUT2D eigenvalue weighted by Crippen LogP contribution is 2.27. The van der Waals surface area contributed by atoms with Crippen LogP contribution in [0.4, 0.5) is 0 Å². The summed E-state index contributed by atoms with van der Waals surface area (Å²) in [6, 6.07) is 4.70. The molecule has 90 heavy (non-hydrogen) atoms. The molecule has 9 atom stereocenters. The molecule has 0 unspecified atom stereocenters. The number of ketones is 2. The molecule has 0 spiro atoms. The average Bonchev–Trinajstić information content (AvgIpc) is 1.76. The van der Waals surface area contributed by atoms with E-state index in [4.69, 9.17) is 56.4 Å². The van der Waals surface area contributed by atoms with Crippen molar-refractivity contribution in [3.63, 3.8) is 0 Å². The second kappa shape index (κ2) is 42.2. The quantitative estimate of drug-likeness (QED) is 0.0137. The lowest BCUT2D eigenvalue weighted by Gasteiger charge is -2.30. The van der Waals surface area contributed by atoms with Gasteiger partial charge in [0.1, 0.15) is 42.5 Å². The van der Waals surface area contributed by atoms with Gasteiger partial charge >= 0.3 is 0 Å². The van der Waals surface area contributed by atoms with Crippen molar-refractivity contribution >= 4 is 111 Å². The number of hydrogen-bond donors (Lipinski definition) is 16. The van der Waals surface area contributed by atoms with Gasteiger partial charge in [-0.25, -0.2) is 0 Å². The summed E-state index contributed by atoms with van der Waals surface area (Å²) in [6.45, 7) is 0.826. The van der Waals surface area contributed by atoms with Crippen molar-refractivity contribution in [3.8, 4) is 5.75 Å². The number of carbonyl (C=O) groups is 13. The summed E-state index contributed by atoms with van der Waals surface area (Å²) in [4.78, 5) is 177. The number of aromatic hydroxyl groups is 1. The maximum Gasteiger partial charge on any atom is 0.246 e. The van der Waals surface area contributed by atoms with Crippen LogP contribution in [0.3, 0.4) is 0 Å². The molecule has 34 heteroatoms. The van der Waals surface area contributed by atoms with Crippen molar-refractivity contribution < 1.29 is 67.4 Å². The molecule has 0 radical (unpaired) electrons. The first-order valence-electron chi connectivity index (χ1n) is 28.7. The number of aliphatic imine (C=N–C) groups is 2. The molecule has 9 amide bonds. The van der Waals surface area contributed by atoms with Crippen LogP contribution >= 0.6 is 21.6 Å². The van der Waals surface area contributed by atoms with Gasteiger partial charge in [-0.1, -0.05) is 64.1 Å². The molecule has 2 aromatic rings.